The lowest BCUT2D eigenvalue weighted by Crippen LogP contribution is -2.34. The Bertz CT molecular complexity index is 583. The van der Waals surface area contributed by atoms with Gasteiger partial charge in [0.25, 0.3) is 0 Å². The van der Waals surface area contributed by atoms with Crippen molar-refractivity contribution < 1.29 is 14.3 Å². The highest BCUT2D eigenvalue weighted by Crippen LogP contribution is 2.28. The predicted octanol–water partition coefficient (Wildman–Crippen LogP) is 6.13. The molecule has 0 aromatic heterocycles. The van der Waals surface area contributed by atoms with Gasteiger partial charge in [-0.25, -0.2) is 4.79 Å². The topological polar surface area (TPSA) is 50.8 Å². The molecular weight excluding hydrogens is 388 g/mol. The van der Waals surface area contributed by atoms with Crippen LogP contribution in [-0.2, 0) is 4.74 Å². The van der Waals surface area contributed by atoms with Gasteiger partial charge in [-0.1, -0.05) is 51.2 Å². The van der Waals surface area contributed by atoms with Crippen molar-refractivity contribution in [3.05, 3.63) is 24.3 Å². The van der Waals surface area contributed by atoms with Crippen LogP contribution in [0, 0.1) is 5.92 Å². The Kier molecular flexibility index (Phi) is 12.8. The number of para-hydroxylation sites is 2. The number of carbonyl (C=O) groups excluding carboxylic acids is 1. The summed E-state index contributed by atoms with van der Waals surface area (Å²) >= 11 is 0. The van der Waals surface area contributed by atoms with Gasteiger partial charge in [-0.05, 0) is 51.9 Å². The van der Waals surface area contributed by atoms with Crippen LogP contribution in [0.4, 0.5) is 10.5 Å². The summed E-state index contributed by atoms with van der Waals surface area (Å²) in [6, 6.07) is 7.60. The summed E-state index contributed by atoms with van der Waals surface area (Å²) in [7, 11) is 4.16. The monoisotopic (exact) mass is 426 g/mol. The zero-order chi connectivity index (χ0) is 20.2. The minimum absolute atomic E-state index is 0. The molecule has 0 unspecified atom stereocenters. The van der Waals surface area contributed by atoms with Crippen LogP contribution in [0.15, 0.2) is 24.3 Å². The van der Waals surface area contributed by atoms with E-state index in [0.717, 1.165) is 32.2 Å². The van der Waals surface area contributed by atoms with Crippen molar-refractivity contribution in [2.45, 2.75) is 70.8 Å². The van der Waals surface area contributed by atoms with Crippen molar-refractivity contribution >= 4 is 24.2 Å². The lowest BCUT2D eigenvalue weighted by atomic mass is 9.97. The molecule has 1 aliphatic carbocycles. The smallest absolute Gasteiger partial charge is 0.412 e. The molecule has 1 fully saturated rings. The lowest BCUT2D eigenvalue weighted by Gasteiger charge is -2.27. The normalized spacial score (nSPS) is 19.2. The molecule has 0 heterocycles. The number of halogens is 1. The second kappa shape index (κ2) is 14.5. The quantitative estimate of drug-likeness (QED) is 0.361. The van der Waals surface area contributed by atoms with E-state index in [0.29, 0.717) is 24.0 Å². The average molecular weight is 427 g/mol. The highest BCUT2D eigenvalue weighted by Gasteiger charge is 2.27. The van der Waals surface area contributed by atoms with Gasteiger partial charge in [0.2, 0.25) is 0 Å². The number of benzene rings is 1. The molecule has 0 aliphatic heterocycles. The lowest BCUT2D eigenvalue weighted by molar-refractivity contribution is 0.0569. The van der Waals surface area contributed by atoms with Crippen molar-refractivity contribution in [2.24, 2.45) is 5.92 Å². The van der Waals surface area contributed by atoms with E-state index in [1.165, 1.54) is 32.1 Å². The van der Waals surface area contributed by atoms with E-state index in [-0.39, 0.29) is 24.6 Å². The molecule has 0 bridgehead atoms. The molecule has 5 nitrogen and oxygen atoms in total. The zero-order valence-corrected chi connectivity index (χ0v) is 19.1. The summed E-state index contributed by atoms with van der Waals surface area (Å²) in [5, 5.41) is 2.90. The Morgan fingerprint density at radius 1 is 1.10 bits per heavy atom. The van der Waals surface area contributed by atoms with E-state index in [2.05, 4.69) is 31.2 Å². The molecule has 1 aliphatic rings. The van der Waals surface area contributed by atoms with Gasteiger partial charge < -0.3 is 14.4 Å². The van der Waals surface area contributed by atoms with Gasteiger partial charge in [0.05, 0.1) is 12.3 Å². The summed E-state index contributed by atoms with van der Waals surface area (Å²) in [4.78, 5) is 14.8. The van der Waals surface area contributed by atoms with Crippen molar-refractivity contribution in [3.8, 4) is 5.75 Å². The first kappa shape index (κ1) is 25.6. The number of amides is 1. The summed E-state index contributed by atoms with van der Waals surface area (Å²) < 4.78 is 11.8. The van der Waals surface area contributed by atoms with Gasteiger partial charge in [0, 0.05) is 12.5 Å². The number of hydrogen-bond acceptors (Lipinski definition) is 4. The predicted molar refractivity (Wildman–Crippen MR) is 122 cm³/mol. The van der Waals surface area contributed by atoms with Crippen LogP contribution >= 0.6 is 12.4 Å². The number of hydrogen-bond donors (Lipinski definition) is 1. The molecule has 0 spiro atoms. The molecule has 2 atom stereocenters. The first-order valence-corrected chi connectivity index (χ1v) is 10.9. The summed E-state index contributed by atoms with van der Waals surface area (Å²) in [6.07, 6.45) is 9.86. The summed E-state index contributed by atoms with van der Waals surface area (Å²) in [6.45, 7) is 3.82. The molecule has 29 heavy (non-hydrogen) atoms. The Labute approximate surface area is 182 Å². The molecule has 6 heteroatoms. The number of nitrogens with one attached hydrogen (secondary N) is 1. The fourth-order valence-corrected chi connectivity index (χ4v) is 3.87. The van der Waals surface area contributed by atoms with Crippen LogP contribution in [0.5, 0.6) is 5.75 Å². The van der Waals surface area contributed by atoms with Crippen molar-refractivity contribution in [2.75, 3.05) is 32.6 Å². The minimum Gasteiger partial charge on any atom is -0.491 e. The first-order valence-electron chi connectivity index (χ1n) is 10.9. The maximum atomic E-state index is 12.6. The van der Waals surface area contributed by atoms with E-state index < -0.39 is 0 Å². The molecule has 1 amide bonds. The van der Waals surface area contributed by atoms with E-state index in [1.807, 2.05) is 24.3 Å². The van der Waals surface area contributed by atoms with E-state index >= 15 is 0 Å². The SMILES string of the molecule is CCCCCCOc1ccccc1NC(=O)O[C@H]1CCCCC[C@@H]1CN(C)C.Cl. The third-order valence-electron chi connectivity index (χ3n) is 5.33. The minimum atomic E-state index is -0.377. The molecule has 166 valence electrons. The van der Waals surface area contributed by atoms with Crippen molar-refractivity contribution in [3.63, 3.8) is 0 Å². The second-order valence-corrected chi connectivity index (χ2v) is 8.13. The van der Waals surface area contributed by atoms with Crippen molar-refractivity contribution in [1.29, 1.82) is 0 Å². The number of rotatable bonds is 10. The van der Waals surface area contributed by atoms with E-state index in [1.54, 1.807) is 0 Å². The largest absolute Gasteiger partial charge is 0.491 e. The second-order valence-electron chi connectivity index (χ2n) is 8.13. The van der Waals surface area contributed by atoms with Crippen LogP contribution < -0.4 is 10.1 Å². The number of ether oxygens (including phenoxy) is 2. The molecular formula is C23H39ClN2O3. The maximum Gasteiger partial charge on any atom is 0.412 e. The standard InChI is InChI=1S/C23H38N2O3.ClH/c1-4-5-6-12-17-27-22-16-11-10-14-20(22)24-23(26)28-21-15-9-7-8-13-19(21)18-25(2)3;/h10-11,14,16,19,21H,4-9,12-13,15,17-18H2,1-3H3,(H,24,26);1H/t19-,21+;/m1./s1. The van der Waals surface area contributed by atoms with Crippen LogP contribution in [0.25, 0.3) is 0 Å². The molecule has 0 saturated heterocycles. The summed E-state index contributed by atoms with van der Waals surface area (Å²) in [5.41, 5.74) is 0.681. The third-order valence-corrected chi connectivity index (χ3v) is 5.33. The number of carbonyl (C=O) groups is 1. The van der Waals surface area contributed by atoms with E-state index in [9.17, 15) is 4.79 Å². The molecule has 2 rings (SSSR count). The zero-order valence-electron chi connectivity index (χ0n) is 18.3. The van der Waals surface area contributed by atoms with Gasteiger partial charge in [0.1, 0.15) is 11.9 Å². The summed E-state index contributed by atoms with van der Waals surface area (Å²) in [5.74, 6) is 1.11. The maximum absolute atomic E-state index is 12.6. The van der Waals surface area contributed by atoms with E-state index in [4.69, 9.17) is 9.47 Å². The van der Waals surface area contributed by atoms with Gasteiger partial charge in [0.15, 0.2) is 0 Å². The van der Waals surface area contributed by atoms with Crippen molar-refractivity contribution in [1.82, 2.24) is 4.90 Å². The molecule has 1 aromatic rings. The molecule has 1 aromatic carbocycles. The Hall–Kier alpha value is -1.46. The van der Waals surface area contributed by atoms with Gasteiger partial charge in [-0.2, -0.15) is 0 Å². The Morgan fingerprint density at radius 3 is 2.62 bits per heavy atom. The average Bonchev–Trinajstić information content (AvgIpc) is 2.87. The highest BCUT2D eigenvalue weighted by molar-refractivity contribution is 5.86. The highest BCUT2D eigenvalue weighted by atomic mass is 35.5. The van der Waals surface area contributed by atoms with Crippen LogP contribution in [0.3, 0.4) is 0 Å². The van der Waals surface area contributed by atoms with Crippen LogP contribution in [0.2, 0.25) is 0 Å². The first-order chi connectivity index (χ1) is 13.6. The van der Waals surface area contributed by atoms with Gasteiger partial charge in [-0.15, -0.1) is 12.4 Å². The van der Waals surface area contributed by atoms with Crippen LogP contribution in [-0.4, -0.2) is 44.3 Å². The Morgan fingerprint density at radius 2 is 1.86 bits per heavy atom. The fourth-order valence-electron chi connectivity index (χ4n) is 3.87. The van der Waals surface area contributed by atoms with Gasteiger partial charge in [-0.3, -0.25) is 5.32 Å². The Balaban J connectivity index is 0.00000420. The number of anilines is 1. The molecule has 0 radical (unpaired) electrons. The third kappa shape index (κ3) is 9.72. The molecule has 1 N–H and O–H groups in total. The number of unbranched alkanes of at least 4 members (excludes halogenated alkanes) is 3. The number of nitrogens with zero attached hydrogens (tertiary/aromatic N) is 1. The van der Waals surface area contributed by atoms with Crippen LogP contribution in [0.1, 0.15) is 64.7 Å². The van der Waals surface area contributed by atoms with Gasteiger partial charge >= 0.3 is 6.09 Å². The fraction of sp³-hybridized carbons (Fsp3) is 0.696. The molecule has 1 saturated carbocycles.